The van der Waals surface area contributed by atoms with Gasteiger partial charge in [-0.1, -0.05) is 18.2 Å². The zero-order valence-corrected chi connectivity index (χ0v) is 36.6. The third-order valence-corrected chi connectivity index (χ3v) is 7.83. The topological polar surface area (TPSA) is 105 Å². The zero-order chi connectivity index (χ0) is 44.6. The zero-order valence-electron chi connectivity index (χ0n) is 36.6. The van der Waals surface area contributed by atoms with E-state index in [9.17, 15) is 0 Å². The van der Waals surface area contributed by atoms with Gasteiger partial charge in [-0.15, -0.1) is 0 Å². The van der Waals surface area contributed by atoms with E-state index in [1.54, 1.807) is 36.4 Å². The largest absolute Gasteiger partial charge is 0.488 e. The molecule has 0 unspecified atom stereocenters. The Morgan fingerprint density at radius 3 is 0.603 bits per heavy atom. The van der Waals surface area contributed by atoms with Gasteiger partial charge in [-0.2, -0.15) is 0 Å². The van der Waals surface area contributed by atoms with Crippen LogP contribution >= 0.6 is 0 Å². The lowest BCUT2D eigenvalue weighted by atomic mass is 10.2. The van der Waals surface area contributed by atoms with Crippen LogP contribution in [0.3, 0.4) is 0 Å². The summed E-state index contributed by atoms with van der Waals surface area (Å²) in [5, 5.41) is 0. The molecule has 7 heterocycles. The number of aromatic nitrogens is 6. The van der Waals surface area contributed by atoms with Gasteiger partial charge in [0.05, 0.1) is 0 Å². The number of rotatable bonds is 3. The Kier molecular flexibility index (Phi) is 12.3. The predicted molar refractivity (Wildman–Crippen MR) is 245 cm³/mol. The molecule has 0 fully saturated rings. The summed E-state index contributed by atoms with van der Waals surface area (Å²) in [5.74, 6) is 1.72. The van der Waals surface area contributed by atoms with Gasteiger partial charge in [0.1, 0.15) is 100 Å². The van der Waals surface area contributed by atoms with E-state index in [0.717, 1.165) is 0 Å². The molecule has 306 valence electrons. The number of nitrogens with zero attached hydrogens (tertiary/aromatic N) is 6. The third-order valence-electron chi connectivity index (χ3n) is 7.83. The fourth-order valence-corrected chi connectivity index (χ4v) is 5.63. The van der Waals surface area contributed by atoms with Crippen molar-refractivity contribution in [1.29, 1.82) is 0 Å². The molecule has 0 N–H and O–H groups in total. The van der Waals surface area contributed by atoms with Crippen molar-refractivity contribution >= 4 is 66.2 Å². The average Bonchev–Trinajstić information content (AvgIpc) is 3.20. The van der Waals surface area contributed by atoms with Crippen molar-refractivity contribution in [3.63, 3.8) is 0 Å². The molecule has 7 rings (SSSR count). The molecule has 7 aromatic rings. The van der Waals surface area contributed by atoms with Crippen LogP contribution in [0.2, 0.25) is 0 Å². The van der Waals surface area contributed by atoms with Crippen LogP contribution < -0.4 is 14.2 Å². The highest BCUT2D eigenvalue weighted by atomic mass is 16.5. The lowest BCUT2D eigenvalue weighted by molar-refractivity contribution is 0.130. The molecule has 63 heavy (non-hydrogen) atoms. The van der Waals surface area contributed by atoms with Crippen molar-refractivity contribution in [2.24, 2.45) is 0 Å². The van der Waals surface area contributed by atoms with Gasteiger partial charge in [0, 0.05) is 36.4 Å². The fourth-order valence-electron chi connectivity index (χ4n) is 5.63. The minimum atomic E-state index is -0.473. The third kappa shape index (κ3) is 13.6. The number of ether oxygens (including phenoxy) is 3. The molecule has 0 atom stereocenters. The minimum Gasteiger partial charge on any atom is -0.488 e. The molecular formula is C54H42N6O3. The molecular weight excluding hydrogens is 781 g/mol. The first-order valence-corrected chi connectivity index (χ1v) is 20.1. The summed E-state index contributed by atoms with van der Waals surface area (Å²) >= 11 is 0. The number of fused-ring (bicyclic) bond motifs is 12. The van der Waals surface area contributed by atoms with E-state index in [-0.39, 0.29) is 0 Å². The van der Waals surface area contributed by atoms with E-state index in [1.807, 2.05) is 117 Å². The van der Waals surface area contributed by atoms with Crippen LogP contribution in [0.25, 0.3) is 66.2 Å². The van der Waals surface area contributed by atoms with Gasteiger partial charge in [-0.25, -0.2) is 29.9 Å². The van der Waals surface area contributed by atoms with Crippen LogP contribution in [0.15, 0.2) is 91.0 Å². The Hall–Kier alpha value is -8.34. The Bertz CT molecular complexity index is 2630. The van der Waals surface area contributed by atoms with Gasteiger partial charge < -0.3 is 14.2 Å². The van der Waals surface area contributed by atoms with E-state index in [0.29, 0.717) is 83.4 Å². The molecule has 0 radical (unpaired) electrons. The Balaban J connectivity index is 1.47. The standard InChI is InChI=1S/C54H42N6O3/c1-52(2,3)61-49-31-43-25-19-37-13-10-15-39(55-37)21-27-45-33-50(62-53(4,5)6)35-47(59-45)29-23-41-17-12-18-42(57-41)24-30-48-36-51(63-54(7,8)9)34-46(60-48)28-22-40-16-11-14-38(56-40)20-26-44(32-49)58-43/h10-18,31-36H,1-9H3. The van der Waals surface area contributed by atoms with E-state index in [2.05, 4.69) is 87.7 Å². The molecule has 12 bridgehead atoms. The van der Waals surface area contributed by atoms with Gasteiger partial charge in [0.2, 0.25) is 0 Å². The highest BCUT2D eigenvalue weighted by Crippen LogP contribution is 2.22. The Morgan fingerprint density at radius 2 is 0.429 bits per heavy atom. The molecule has 0 saturated heterocycles. The average molecular weight is 823 g/mol. The normalized spacial score (nSPS) is 10.8. The summed E-state index contributed by atoms with van der Waals surface area (Å²) in [4.78, 5) is 28.2. The second-order valence-corrected chi connectivity index (χ2v) is 17.1. The monoisotopic (exact) mass is 822 g/mol. The van der Waals surface area contributed by atoms with Crippen molar-refractivity contribution in [2.45, 2.75) is 79.1 Å². The molecule has 0 saturated carbocycles. The highest BCUT2D eigenvalue weighted by molar-refractivity contribution is 5.63. The lowest BCUT2D eigenvalue weighted by Gasteiger charge is -2.20. The second-order valence-electron chi connectivity index (χ2n) is 17.1. The van der Waals surface area contributed by atoms with Crippen LogP contribution in [0.1, 0.15) is 62.3 Å². The summed E-state index contributed by atoms with van der Waals surface area (Å²) in [6, 6.07) is 64.6. The summed E-state index contributed by atoms with van der Waals surface area (Å²) in [7, 11) is 0. The highest BCUT2D eigenvalue weighted by Gasteiger charge is 2.14. The molecule has 0 spiro atoms. The molecule has 9 nitrogen and oxygen atoms in total. The number of pyridine rings is 6. The van der Waals surface area contributed by atoms with Gasteiger partial charge in [0.15, 0.2) is 0 Å². The summed E-state index contributed by atoms with van der Waals surface area (Å²) in [6.45, 7) is 17.7. The molecule has 0 aliphatic carbocycles. The molecule has 9 heteroatoms. The van der Waals surface area contributed by atoms with Gasteiger partial charge >= 0.3 is 0 Å². The van der Waals surface area contributed by atoms with E-state index in [4.69, 9.17) is 29.2 Å². The number of hydrogen-bond acceptors (Lipinski definition) is 9. The summed E-state index contributed by atoms with van der Waals surface area (Å²) in [5.41, 5.74) is 4.33. The lowest BCUT2D eigenvalue weighted by Crippen LogP contribution is -2.22. The summed E-state index contributed by atoms with van der Waals surface area (Å²) < 4.78 is 18.7. The van der Waals surface area contributed by atoms with Crippen molar-refractivity contribution < 1.29 is 14.2 Å². The van der Waals surface area contributed by atoms with Crippen LogP contribution in [0.4, 0.5) is 0 Å². The Labute approximate surface area is 369 Å². The summed E-state index contributed by atoms with van der Waals surface area (Å²) in [6.07, 6.45) is 0. The van der Waals surface area contributed by atoms with E-state index >= 15 is 0 Å². The first-order valence-electron chi connectivity index (χ1n) is 20.1. The Morgan fingerprint density at radius 1 is 0.270 bits per heavy atom. The van der Waals surface area contributed by atoms with Crippen LogP contribution in [0.5, 0.6) is 17.2 Å². The maximum atomic E-state index is 6.22. The molecule has 7 aromatic heterocycles. The molecule has 0 aliphatic rings. The quantitative estimate of drug-likeness (QED) is 0.172. The van der Waals surface area contributed by atoms with Crippen LogP contribution in [-0.4, -0.2) is 46.7 Å². The van der Waals surface area contributed by atoms with Crippen molar-refractivity contribution in [2.75, 3.05) is 0 Å². The van der Waals surface area contributed by atoms with Crippen LogP contribution in [0, 0.1) is 72.8 Å². The minimum absolute atomic E-state index is 0.455. The van der Waals surface area contributed by atoms with E-state index in [1.165, 1.54) is 0 Å². The van der Waals surface area contributed by atoms with Gasteiger partial charge in [0.25, 0.3) is 0 Å². The SMILES string of the molecule is CC(C)(C)Oc1cc2c#cc3cccc(c#cc4cc(OC(C)(C)C)cc(c#cc5cccc(c#cc6cc(OC(C)(C)C)cc(c#cc7cccc(c#cc(c1)n2)n7)n6)n5)n4)n3. The maximum Gasteiger partial charge on any atom is 0.125 e. The molecule has 0 aromatic carbocycles. The maximum absolute atomic E-state index is 6.22. The van der Waals surface area contributed by atoms with E-state index < -0.39 is 16.8 Å². The molecule has 0 aliphatic heterocycles. The second kappa shape index (κ2) is 18.1. The predicted octanol–water partition coefficient (Wildman–Crippen LogP) is 11.2. The van der Waals surface area contributed by atoms with Gasteiger partial charge in [-0.05, 0) is 172 Å². The van der Waals surface area contributed by atoms with Gasteiger partial charge in [-0.3, -0.25) is 0 Å². The van der Waals surface area contributed by atoms with Crippen LogP contribution in [-0.2, 0) is 0 Å². The number of hydrogen-bond donors (Lipinski definition) is 0. The first-order chi connectivity index (χ1) is 29.9. The van der Waals surface area contributed by atoms with Crippen molar-refractivity contribution in [3.05, 3.63) is 164 Å². The smallest absolute Gasteiger partial charge is 0.125 e. The van der Waals surface area contributed by atoms with Crippen molar-refractivity contribution in [3.8, 4) is 17.2 Å². The molecule has 0 amide bonds. The first kappa shape index (κ1) is 42.8. The van der Waals surface area contributed by atoms with Crippen molar-refractivity contribution in [1.82, 2.24) is 29.9 Å². The fraction of sp³-hybridized carbons (Fsp3) is 0.222.